The minimum Gasteiger partial charge on any atom is -0.332 e. The first kappa shape index (κ1) is 13.1. The number of nitrogens with one attached hydrogen (secondary N) is 1. The van der Waals surface area contributed by atoms with Gasteiger partial charge in [-0.3, -0.25) is 4.79 Å². The number of carbonyl (C=O) groups excluding carboxylic acids is 1. The van der Waals surface area contributed by atoms with Crippen LogP contribution in [0.4, 0.5) is 0 Å². The molecule has 1 aliphatic rings. The van der Waals surface area contributed by atoms with Gasteiger partial charge in [-0.1, -0.05) is 36.4 Å². The summed E-state index contributed by atoms with van der Waals surface area (Å²) in [5, 5.41) is 5.39. The zero-order valence-corrected chi connectivity index (χ0v) is 11.4. The summed E-state index contributed by atoms with van der Waals surface area (Å²) in [5.41, 5.74) is 6.56. The summed E-state index contributed by atoms with van der Waals surface area (Å²) in [5.74, 6) is 0.0822. The Kier molecular flexibility index (Phi) is 3.67. The molecule has 0 radical (unpaired) electrons. The smallest absolute Gasteiger partial charge is 0.254 e. The molecule has 3 N–H and O–H groups in total. The van der Waals surface area contributed by atoms with Gasteiger partial charge in [0.1, 0.15) is 0 Å². The van der Waals surface area contributed by atoms with E-state index in [2.05, 4.69) is 5.32 Å². The number of hydrogen-bond acceptors (Lipinski definition) is 3. The van der Waals surface area contributed by atoms with E-state index in [4.69, 9.17) is 5.73 Å². The van der Waals surface area contributed by atoms with Crippen molar-refractivity contribution in [2.24, 2.45) is 5.73 Å². The van der Waals surface area contributed by atoms with Crippen molar-refractivity contribution in [1.82, 2.24) is 10.2 Å². The summed E-state index contributed by atoms with van der Waals surface area (Å²) in [7, 11) is 0. The van der Waals surface area contributed by atoms with E-state index in [0.29, 0.717) is 13.1 Å². The average molecular weight is 269 g/mol. The van der Waals surface area contributed by atoms with Gasteiger partial charge in [-0.25, -0.2) is 0 Å². The van der Waals surface area contributed by atoms with Crippen LogP contribution in [-0.4, -0.2) is 43.0 Å². The number of benzene rings is 2. The molecule has 1 aliphatic heterocycles. The van der Waals surface area contributed by atoms with E-state index < -0.39 is 0 Å². The lowest BCUT2D eigenvalue weighted by Crippen LogP contribution is -2.56. The van der Waals surface area contributed by atoms with Gasteiger partial charge in [0.25, 0.3) is 5.91 Å². The second kappa shape index (κ2) is 5.61. The number of fused-ring (bicyclic) bond motifs is 1. The Morgan fingerprint density at radius 3 is 2.90 bits per heavy atom. The molecule has 0 aliphatic carbocycles. The minimum atomic E-state index is 0.0789. The predicted molar refractivity (Wildman–Crippen MR) is 80.7 cm³/mol. The quantitative estimate of drug-likeness (QED) is 0.861. The molecule has 1 unspecified atom stereocenters. The van der Waals surface area contributed by atoms with Crippen LogP contribution in [0.3, 0.4) is 0 Å². The molecule has 1 amide bonds. The third kappa shape index (κ3) is 2.28. The fourth-order valence-electron chi connectivity index (χ4n) is 2.81. The molecule has 1 saturated heterocycles. The molecule has 2 aromatic rings. The van der Waals surface area contributed by atoms with E-state index in [-0.39, 0.29) is 11.9 Å². The maximum absolute atomic E-state index is 12.8. The first-order valence-electron chi connectivity index (χ1n) is 7.01. The van der Waals surface area contributed by atoms with Gasteiger partial charge in [0.15, 0.2) is 0 Å². The highest BCUT2D eigenvalue weighted by Crippen LogP contribution is 2.21. The number of piperazine rings is 1. The van der Waals surface area contributed by atoms with Gasteiger partial charge >= 0.3 is 0 Å². The number of nitrogens with two attached hydrogens (primary N) is 1. The van der Waals surface area contributed by atoms with E-state index in [0.717, 1.165) is 29.4 Å². The number of carbonyl (C=O) groups is 1. The standard InChI is InChI=1S/C16H19N3O/c17-10-13-11-18-8-9-19(13)16(20)15-7-3-5-12-4-1-2-6-14(12)15/h1-7,13,18H,8-11,17H2. The number of hydrogen-bond donors (Lipinski definition) is 2. The molecule has 104 valence electrons. The zero-order chi connectivity index (χ0) is 13.9. The molecule has 1 fully saturated rings. The van der Waals surface area contributed by atoms with Crippen LogP contribution in [0.15, 0.2) is 42.5 Å². The number of amides is 1. The molecule has 0 aromatic heterocycles. The first-order valence-corrected chi connectivity index (χ1v) is 7.01. The van der Waals surface area contributed by atoms with Crippen LogP contribution in [0.25, 0.3) is 10.8 Å². The highest BCUT2D eigenvalue weighted by Gasteiger charge is 2.26. The topological polar surface area (TPSA) is 58.4 Å². The van der Waals surface area contributed by atoms with Crippen molar-refractivity contribution in [1.29, 1.82) is 0 Å². The number of nitrogens with zero attached hydrogens (tertiary/aromatic N) is 1. The molecule has 0 spiro atoms. The molecule has 0 bridgehead atoms. The maximum atomic E-state index is 12.8. The van der Waals surface area contributed by atoms with Gasteiger partial charge in [-0.05, 0) is 16.8 Å². The van der Waals surface area contributed by atoms with Crippen LogP contribution in [0.2, 0.25) is 0 Å². The fourth-order valence-corrected chi connectivity index (χ4v) is 2.81. The Morgan fingerprint density at radius 2 is 2.05 bits per heavy atom. The lowest BCUT2D eigenvalue weighted by atomic mass is 10.0. The van der Waals surface area contributed by atoms with Gasteiger partial charge in [-0.2, -0.15) is 0 Å². The van der Waals surface area contributed by atoms with Crippen molar-refractivity contribution in [2.75, 3.05) is 26.2 Å². The molecule has 4 heteroatoms. The summed E-state index contributed by atoms with van der Waals surface area (Å²) < 4.78 is 0. The van der Waals surface area contributed by atoms with Gasteiger partial charge in [-0.15, -0.1) is 0 Å². The highest BCUT2D eigenvalue weighted by atomic mass is 16.2. The Bertz CT molecular complexity index is 621. The summed E-state index contributed by atoms with van der Waals surface area (Å²) in [6.07, 6.45) is 0. The summed E-state index contributed by atoms with van der Waals surface area (Å²) in [6.45, 7) is 2.80. The summed E-state index contributed by atoms with van der Waals surface area (Å²) in [4.78, 5) is 14.7. The van der Waals surface area contributed by atoms with E-state index in [1.807, 2.05) is 47.4 Å². The maximum Gasteiger partial charge on any atom is 0.254 e. The van der Waals surface area contributed by atoms with Crippen LogP contribution in [0.1, 0.15) is 10.4 Å². The monoisotopic (exact) mass is 269 g/mol. The van der Waals surface area contributed by atoms with Crippen LogP contribution in [0.5, 0.6) is 0 Å². The summed E-state index contributed by atoms with van der Waals surface area (Å²) >= 11 is 0. The molecule has 2 aromatic carbocycles. The zero-order valence-electron chi connectivity index (χ0n) is 11.4. The molecular weight excluding hydrogens is 250 g/mol. The third-order valence-corrected chi connectivity index (χ3v) is 3.90. The fraction of sp³-hybridized carbons (Fsp3) is 0.312. The Hall–Kier alpha value is -1.91. The van der Waals surface area contributed by atoms with Crippen LogP contribution in [0, 0.1) is 0 Å². The molecule has 0 saturated carbocycles. The van der Waals surface area contributed by atoms with Crippen molar-refractivity contribution < 1.29 is 4.79 Å². The van der Waals surface area contributed by atoms with Gasteiger partial charge in [0.2, 0.25) is 0 Å². The number of rotatable bonds is 2. The normalized spacial score (nSPS) is 19.2. The van der Waals surface area contributed by atoms with Crippen LogP contribution >= 0.6 is 0 Å². The molecular formula is C16H19N3O. The largest absolute Gasteiger partial charge is 0.332 e. The Morgan fingerprint density at radius 1 is 1.25 bits per heavy atom. The summed E-state index contributed by atoms with van der Waals surface area (Å²) in [6, 6.07) is 13.9. The van der Waals surface area contributed by atoms with Gasteiger partial charge < -0.3 is 16.0 Å². The van der Waals surface area contributed by atoms with Crippen LogP contribution < -0.4 is 11.1 Å². The lowest BCUT2D eigenvalue weighted by Gasteiger charge is -2.35. The molecule has 1 heterocycles. The predicted octanol–water partition coefficient (Wildman–Crippen LogP) is 1.21. The van der Waals surface area contributed by atoms with Crippen molar-refractivity contribution in [3.05, 3.63) is 48.0 Å². The highest BCUT2D eigenvalue weighted by molar-refractivity contribution is 6.07. The lowest BCUT2D eigenvalue weighted by molar-refractivity contribution is 0.0647. The molecule has 4 nitrogen and oxygen atoms in total. The van der Waals surface area contributed by atoms with E-state index in [1.54, 1.807) is 0 Å². The Balaban J connectivity index is 1.99. The Labute approximate surface area is 118 Å². The minimum absolute atomic E-state index is 0.0789. The van der Waals surface area contributed by atoms with Gasteiger partial charge in [0.05, 0.1) is 6.04 Å². The third-order valence-electron chi connectivity index (χ3n) is 3.90. The SMILES string of the molecule is NCC1CNCCN1C(=O)c1cccc2ccccc12. The van der Waals surface area contributed by atoms with Crippen molar-refractivity contribution in [2.45, 2.75) is 6.04 Å². The molecule has 3 rings (SSSR count). The van der Waals surface area contributed by atoms with Crippen molar-refractivity contribution in [3.63, 3.8) is 0 Å². The van der Waals surface area contributed by atoms with Crippen molar-refractivity contribution in [3.8, 4) is 0 Å². The van der Waals surface area contributed by atoms with Gasteiger partial charge in [0, 0.05) is 31.7 Å². The molecule has 20 heavy (non-hydrogen) atoms. The van der Waals surface area contributed by atoms with Crippen LogP contribution in [-0.2, 0) is 0 Å². The van der Waals surface area contributed by atoms with Crippen molar-refractivity contribution >= 4 is 16.7 Å². The molecule has 1 atom stereocenters. The average Bonchev–Trinajstić information content (AvgIpc) is 2.53. The van der Waals surface area contributed by atoms with E-state index in [1.165, 1.54) is 0 Å². The second-order valence-corrected chi connectivity index (χ2v) is 5.12. The second-order valence-electron chi connectivity index (χ2n) is 5.12. The first-order chi connectivity index (χ1) is 9.81. The van der Waals surface area contributed by atoms with E-state index in [9.17, 15) is 4.79 Å². The van der Waals surface area contributed by atoms with E-state index >= 15 is 0 Å².